The Morgan fingerprint density at radius 1 is 1.28 bits per heavy atom. The maximum Gasteiger partial charge on any atom is 0.159 e. The number of nitrogens with two attached hydrogens (primary N) is 1. The number of aromatic nitrogens is 2. The number of hydrogen-bond donors (Lipinski definition) is 3. The van der Waals surface area contributed by atoms with Crippen LogP contribution in [0, 0.1) is 0 Å². The van der Waals surface area contributed by atoms with Gasteiger partial charge in [0, 0.05) is 11.6 Å². The molecular formula is C11H11BrClN5. The number of hydrogen-bond acceptors (Lipinski definition) is 5. The molecule has 0 aliphatic carbocycles. The largest absolute Gasteiger partial charge is 0.365 e. The van der Waals surface area contributed by atoms with E-state index in [1.807, 2.05) is 24.3 Å². The highest BCUT2D eigenvalue weighted by Crippen LogP contribution is 2.26. The minimum absolute atomic E-state index is 0.526. The second-order valence-corrected chi connectivity index (χ2v) is 4.74. The van der Waals surface area contributed by atoms with E-state index in [4.69, 9.17) is 17.4 Å². The molecule has 4 N–H and O–H groups in total. The van der Waals surface area contributed by atoms with Gasteiger partial charge in [-0.25, -0.2) is 15.8 Å². The van der Waals surface area contributed by atoms with Gasteiger partial charge in [0.1, 0.15) is 16.6 Å². The molecule has 1 heterocycles. The van der Waals surface area contributed by atoms with Crippen LogP contribution < -0.4 is 16.6 Å². The van der Waals surface area contributed by atoms with E-state index < -0.39 is 0 Å². The van der Waals surface area contributed by atoms with Gasteiger partial charge in [-0.2, -0.15) is 0 Å². The Bertz CT molecular complexity index is 549. The number of nitrogens with zero attached hydrogens (tertiary/aromatic N) is 2. The highest BCUT2D eigenvalue weighted by molar-refractivity contribution is 9.10. The third kappa shape index (κ3) is 3.10. The average molecular weight is 329 g/mol. The summed E-state index contributed by atoms with van der Waals surface area (Å²) >= 11 is 9.29. The van der Waals surface area contributed by atoms with Crippen molar-refractivity contribution in [3.05, 3.63) is 45.7 Å². The molecular weight excluding hydrogens is 318 g/mol. The fraction of sp³-hybridized carbons (Fsp3) is 0.0909. The molecule has 0 saturated heterocycles. The first-order chi connectivity index (χ1) is 8.70. The predicted molar refractivity (Wildman–Crippen MR) is 76.3 cm³/mol. The summed E-state index contributed by atoms with van der Waals surface area (Å²) in [4.78, 5) is 8.10. The van der Waals surface area contributed by atoms with Gasteiger partial charge >= 0.3 is 0 Å². The van der Waals surface area contributed by atoms with Crippen molar-refractivity contribution in [2.75, 3.05) is 10.7 Å². The van der Waals surface area contributed by atoms with Gasteiger partial charge < -0.3 is 10.7 Å². The van der Waals surface area contributed by atoms with Crippen LogP contribution in [0.2, 0.25) is 5.02 Å². The lowest BCUT2D eigenvalue weighted by atomic mass is 10.2. The summed E-state index contributed by atoms with van der Waals surface area (Å²) in [6.07, 6.45) is 1.43. The molecule has 0 aliphatic rings. The van der Waals surface area contributed by atoms with Gasteiger partial charge in [0.2, 0.25) is 0 Å². The molecule has 0 atom stereocenters. The zero-order valence-corrected chi connectivity index (χ0v) is 11.7. The van der Waals surface area contributed by atoms with Gasteiger partial charge in [-0.3, -0.25) is 0 Å². The van der Waals surface area contributed by atoms with Gasteiger partial charge in [-0.1, -0.05) is 23.7 Å². The molecule has 94 valence electrons. The van der Waals surface area contributed by atoms with Crippen molar-refractivity contribution in [3.63, 3.8) is 0 Å². The van der Waals surface area contributed by atoms with Crippen molar-refractivity contribution < 1.29 is 0 Å². The van der Waals surface area contributed by atoms with Crippen molar-refractivity contribution in [2.45, 2.75) is 6.54 Å². The van der Waals surface area contributed by atoms with Crippen LogP contribution in [0.4, 0.5) is 11.6 Å². The Morgan fingerprint density at radius 3 is 2.78 bits per heavy atom. The summed E-state index contributed by atoms with van der Waals surface area (Å²) in [6.45, 7) is 0.611. The molecule has 7 heteroatoms. The number of anilines is 2. The van der Waals surface area contributed by atoms with E-state index in [2.05, 4.69) is 36.6 Å². The molecule has 5 nitrogen and oxygen atoms in total. The number of halogens is 2. The number of hydrazine groups is 1. The third-order valence-corrected chi connectivity index (χ3v) is 3.26. The van der Waals surface area contributed by atoms with Crippen LogP contribution in [0.25, 0.3) is 0 Å². The molecule has 0 amide bonds. The van der Waals surface area contributed by atoms with Crippen LogP contribution in [0.5, 0.6) is 0 Å². The van der Waals surface area contributed by atoms with Crippen LogP contribution in [0.1, 0.15) is 5.56 Å². The number of nitrogen functional groups attached to an aromatic ring is 1. The van der Waals surface area contributed by atoms with Crippen molar-refractivity contribution in [3.8, 4) is 0 Å². The van der Waals surface area contributed by atoms with E-state index in [9.17, 15) is 0 Å². The monoisotopic (exact) mass is 327 g/mol. The molecule has 0 spiro atoms. The summed E-state index contributed by atoms with van der Waals surface area (Å²) in [5, 5.41) is 3.89. The Hall–Kier alpha value is -1.37. The van der Waals surface area contributed by atoms with Gasteiger partial charge in [0.15, 0.2) is 5.82 Å². The molecule has 0 aliphatic heterocycles. The number of rotatable bonds is 4. The summed E-state index contributed by atoms with van der Waals surface area (Å²) in [5.74, 6) is 6.52. The van der Waals surface area contributed by atoms with E-state index in [1.165, 1.54) is 6.33 Å². The second kappa shape index (κ2) is 5.99. The zero-order chi connectivity index (χ0) is 13.0. The number of benzene rings is 1. The lowest BCUT2D eigenvalue weighted by Gasteiger charge is -2.09. The van der Waals surface area contributed by atoms with E-state index in [0.29, 0.717) is 27.7 Å². The van der Waals surface area contributed by atoms with Crippen LogP contribution in [-0.4, -0.2) is 9.97 Å². The Balaban J connectivity index is 2.11. The van der Waals surface area contributed by atoms with Crippen molar-refractivity contribution >= 4 is 39.2 Å². The highest BCUT2D eigenvalue weighted by atomic mass is 79.9. The van der Waals surface area contributed by atoms with Crippen LogP contribution in [0.3, 0.4) is 0 Å². The van der Waals surface area contributed by atoms with Crippen molar-refractivity contribution in [1.29, 1.82) is 0 Å². The third-order valence-electron chi connectivity index (χ3n) is 2.28. The van der Waals surface area contributed by atoms with Gasteiger partial charge in [-0.15, -0.1) is 0 Å². The number of nitrogens with one attached hydrogen (secondary N) is 2. The molecule has 2 aromatic rings. The fourth-order valence-corrected chi connectivity index (χ4v) is 2.10. The average Bonchev–Trinajstić information content (AvgIpc) is 2.38. The SMILES string of the molecule is NNc1ncnc(NCc2cccc(Cl)c2)c1Br. The normalized spacial score (nSPS) is 10.2. The zero-order valence-electron chi connectivity index (χ0n) is 9.32. The minimum atomic E-state index is 0.526. The minimum Gasteiger partial charge on any atom is -0.365 e. The molecule has 1 aromatic heterocycles. The fourth-order valence-electron chi connectivity index (χ4n) is 1.43. The van der Waals surface area contributed by atoms with Crippen LogP contribution in [-0.2, 0) is 6.54 Å². The predicted octanol–water partition coefficient (Wildman–Crippen LogP) is 2.79. The summed E-state index contributed by atoms with van der Waals surface area (Å²) in [6, 6.07) is 7.62. The summed E-state index contributed by atoms with van der Waals surface area (Å²) < 4.78 is 0.689. The molecule has 1 aromatic carbocycles. The Morgan fingerprint density at radius 2 is 2.06 bits per heavy atom. The maximum absolute atomic E-state index is 5.92. The molecule has 0 fully saturated rings. The maximum atomic E-state index is 5.92. The van der Waals surface area contributed by atoms with Gasteiger partial charge in [0.25, 0.3) is 0 Å². The van der Waals surface area contributed by atoms with Crippen LogP contribution >= 0.6 is 27.5 Å². The Kier molecular flexibility index (Phi) is 4.35. The van der Waals surface area contributed by atoms with Crippen molar-refractivity contribution in [1.82, 2.24) is 9.97 Å². The molecule has 0 radical (unpaired) electrons. The highest BCUT2D eigenvalue weighted by Gasteiger charge is 2.07. The summed E-state index contributed by atoms with van der Waals surface area (Å²) in [7, 11) is 0. The first-order valence-corrected chi connectivity index (χ1v) is 6.33. The first-order valence-electron chi connectivity index (χ1n) is 5.16. The standard InChI is InChI=1S/C11H11BrClN5/c12-9-10(16-6-17-11(9)18-14)15-5-7-2-1-3-8(13)4-7/h1-4,6H,5,14H2,(H2,15,16,17,18). The van der Waals surface area contributed by atoms with Gasteiger partial charge in [-0.05, 0) is 33.6 Å². The molecule has 2 rings (SSSR count). The summed E-state index contributed by atoms with van der Waals surface area (Å²) in [5.41, 5.74) is 3.55. The Labute approximate surface area is 118 Å². The van der Waals surface area contributed by atoms with Gasteiger partial charge in [0.05, 0.1) is 0 Å². The van der Waals surface area contributed by atoms with Crippen LogP contribution in [0.15, 0.2) is 35.1 Å². The second-order valence-electron chi connectivity index (χ2n) is 3.51. The van der Waals surface area contributed by atoms with E-state index in [-0.39, 0.29) is 0 Å². The topological polar surface area (TPSA) is 75.9 Å². The smallest absolute Gasteiger partial charge is 0.159 e. The van der Waals surface area contributed by atoms with E-state index >= 15 is 0 Å². The molecule has 18 heavy (non-hydrogen) atoms. The van der Waals surface area contributed by atoms with E-state index in [0.717, 1.165) is 5.56 Å². The van der Waals surface area contributed by atoms with Crippen molar-refractivity contribution in [2.24, 2.45) is 5.84 Å². The molecule has 0 bridgehead atoms. The molecule has 0 unspecified atom stereocenters. The first kappa shape index (κ1) is 13.1. The lowest BCUT2D eigenvalue weighted by Crippen LogP contribution is -2.11. The van der Waals surface area contributed by atoms with E-state index in [1.54, 1.807) is 0 Å². The quantitative estimate of drug-likeness (QED) is 0.594. The molecule has 0 saturated carbocycles. The lowest BCUT2D eigenvalue weighted by molar-refractivity contribution is 1.06.